The van der Waals surface area contributed by atoms with Crippen LogP contribution in [-0.4, -0.2) is 0 Å². The molecule has 0 bridgehead atoms. The lowest BCUT2D eigenvalue weighted by Gasteiger charge is -2.04. The quantitative estimate of drug-likeness (QED) is 0.753. The molecule has 0 N–H and O–H groups in total. The number of benzene rings is 1. The maximum atomic E-state index is 12.7. The molecule has 2 heteroatoms. The van der Waals surface area contributed by atoms with Crippen LogP contribution < -0.4 is 0 Å². The van der Waals surface area contributed by atoms with Gasteiger partial charge in [0.25, 0.3) is 0 Å². The molecule has 70 valence electrons. The fourth-order valence-corrected chi connectivity index (χ4v) is 1.41. The summed E-state index contributed by atoms with van der Waals surface area (Å²) in [6, 6.07) is 4.90. The van der Waals surface area contributed by atoms with Crippen molar-refractivity contribution in [2.75, 3.05) is 0 Å². The molecular weight excluding hydrogens is 231 g/mol. The van der Waals surface area contributed by atoms with Crippen LogP contribution >= 0.6 is 15.9 Å². The van der Waals surface area contributed by atoms with Crippen molar-refractivity contribution in [2.24, 2.45) is 0 Å². The van der Waals surface area contributed by atoms with Gasteiger partial charge >= 0.3 is 0 Å². The Morgan fingerprint density at radius 1 is 1.54 bits per heavy atom. The molecular formula is C11H12BrF. The zero-order valence-electron chi connectivity index (χ0n) is 7.61. The Bertz CT molecular complexity index is 318. The van der Waals surface area contributed by atoms with Gasteiger partial charge in [-0.2, -0.15) is 0 Å². The zero-order chi connectivity index (χ0) is 9.84. The van der Waals surface area contributed by atoms with Crippen molar-refractivity contribution >= 4 is 15.9 Å². The minimum Gasteiger partial charge on any atom is -0.207 e. The largest absolute Gasteiger partial charge is 0.207 e. The molecule has 0 saturated carbocycles. The fraction of sp³-hybridized carbons (Fsp3) is 0.273. The standard InChI is InChI=1S/C11H12BrF/c1-8-7-11(13)6-5-10(8)4-3-9(2)12/h5-7H,2-4H2,1H3. The summed E-state index contributed by atoms with van der Waals surface area (Å²) >= 11 is 3.30. The second-order valence-corrected chi connectivity index (χ2v) is 4.21. The first-order chi connectivity index (χ1) is 6.09. The molecule has 0 spiro atoms. The number of allylic oxidation sites excluding steroid dienone is 1. The van der Waals surface area contributed by atoms with Crippen molar-refractivity contribution in [3.8, 4) is 0 Å². The van der Waals surface area contributed by atoms with Gasteiger partial charge in [0.05, 0.1) is 0 Å². The van der Waals surface area contributed by atoms with Gasteiger partial charge in [-0.15, -0.1) is 0 Å². The molecule has 0 aromatic heterocycles. The van der Waals surface area contributed by atoms with E-state index in [0.29, 0.717) is 0 Å². The smallest absolute Gasteiger partial charge is 0.123 e. The van der Waals surface area contributed by atoms with Gasteiger partial charge in [-0.1, -0.05) is 28.6 Å². The highest BCUT2D eigenvalue weighted by Crippen LogP contribution is 2.16. The van der Waals surface area contributed by atoms with E-state index in [2.05, 4.69) is 22.5 Å². The van der Waals surface area contributed by atoms with E-state index in [1.54, 1.807) is 6.07 Å². The van der Waals surface area contributed by atoms with Crippen LogP contribution in [0.3, 0.4) is 0 Å². The fourth-order valence-electron chi connectivity index (χ4n) is 1.21. The van der Waals surface area contributed by atoms with E-state index in [0.717, 1.165) is 22.9 Å². The van der Waals surface area contributed by atoms with Crippen LogP contribution in [0.2, 0.25) is 0 Å². The Morgan fingerprint density at radius 2 is 2.23 bits per heavy atom. The SMILES string of the molecule is C=C(Br)CCc1ccc(F)cc1C. The van der Waals surface area contributed by atoms with E-state index in [1.165, 1.54) is 11.6 Å². The van der Waals surface area contributed by atoms with E-state index in [1.807, 2.05) is 13.0 Å². The highest BCUT2D eigenvalue weighted by atomic mass is 79.9. The van der Waals surface area contributed by atoms with Crippen LogP contribution in [0.15, 0.2) is 29.3 Å². The third-order valence-electron chi connectivity index (χ3n) is 1.97. The molecule has 0 aliphatic rings. The number of rotatable bonds is 3. The summed E-state index contributed by atoms with van der Waals surface area (Å²) in [5, 5.41) is 0. The van der Waals surface area contributed by atoms with Gasteiger partial charge < -0.3 is 0 Å². The highest BCUT2D eigenvalue weighted by molar-refractivity contribution is 9.11. The summed E-state index contributed by atoms with van der Waals surface area (Å²) in [5.74, 6) is -0.168. The molecule has 0 radical (unpaired) electrons. The summed E-state index contributed by atoms with van der Waals surface area (Å²) in [6.07, 6.45) is 1.81. The lowest BCUT2D eigenvalue weighted by atomic mass is 10.0. The maximum absolute atomic E-state index is 12.7. The minimum absolute atomic E-state index is 0.168. The zero-order valence-corrected chi connectivity index (χ0v) is 9.20. The lowest BCUT2D eigenvalue weighted by molar-refractivity contribution is 0.625. The first kappa shape index (κ1) is 10.5. The third kappa shape index (κ3) is 3.31. The first-order valence-electron chi connectivity index (χ1n) is 4.18. The first-order valence-corrected chi connectivity index (χ1v) is 4.97. The Labute approximate surface area is 86.6 Å². The molecule has 0 fully saturated rings. The summed E-state index contributed by atoms with van der Waals surface area (Å²) in [5.41, 5.74) is 2.19. The Kier molecular flexibility index (Phi) is 3.67. The Hall–Kier alpha value is -0.630. The van der Waals surface area contributed by atoms with Gasteiger partial charge in [0.2, 0.25) is 0 Å². The van der Waals surface area contributed by atoms with Gasteiger partial charge in [-0.05, 0) is 47.5 Å². The van der Waals surface area contributed by atoms with E-state index in [4.69, 9.17) is 0 Å². The molecule has 0 heterocycles. The van der Waals surface area contributed by atoms with Crippen LogP contribution in [0.4, 0.5) is 4.39 Å². The second kappa shape index (κ2) is 4.56. The van der Waals surface area contributed by atoms with Gasteiger partial charge in [0.1, 0.15) is 5.82 Å². The van der Waals surface area contributed by atoms with Crippen LogP contribution in [-0.2, 0) is 6.42 Å². The van der Waals surface area contributed by atoms with Crippen LogP contribution in [0, 0.1) is 12.7 Å². The van der Waals surface area contributed by atoms with Gasteiger partial charge in [0, 0.05) is 0 Å². The number of hydrogen-bond donors (Lipinski definition) is 0. The second-order valence-electron chi connectivity index (χ2n) is 3.09. The molecule has 0 unspecified atom stereocenters. The summed E-state index contributed by atoms with van der Waals surface area (Å²) in [7, 11) is 0. The summed E-state index contributed by atoms with van der Waals surface area (Å²) in [4.78, 5) is 0. The van der Waals surface area contributed by atoms with Crippen molar-refractivity contribution in [1.82, 2.24) is 0 Å². The lowest BCUT2D eigenvalue weighted by Crippen LogP contribution is -1.90. The van der Waals surface area contributed by atoms with E-state index < -0.39 is 0 Å². The van der Waals surface area contributed by atoms with Crippen LogP contribution in [0.1, 0.15) is 17.5 Å². The van der Waals surface area contributed by atoms with Crippen LogP contribution in [0.5, 0.6) is 0 Å². The third-order valence-corrected chi connectivity index (χ3v) is 2.37. The molecule has 1 rings (SSSR count). The van der Waals surface area contributed by atoms with Gasteiger partial charge in [-0.3, -0.25) is 0 Å². The Balaban J connectivity index is 2.72. The van der Waals surface area contributed by atoms with Gasteiger partial charge in [-0.25, -0.2) is 4.39 Å². The minimum atomic E-state index is -0.168. The molecule has 0 atom stereocenters. The normalized spacial score (nSPS) is 10.1. The molecule has 13 heavy (non-hydrogen) atoms. The average Bonchev–Trinajstić information content (AvgIpc) is 2.02. The molecule has 1 aromatic carbocycles. The molecule has 0 amide bonds. The summed E-state index contributed by atoms with van der Waals surface area (Å²) < 4.78 is 13.7. The highest BCUT2D eigenvalue weighted by Gasteiger charge is 1.99. The van der Waals surface area contributed by atoms with Crippen LogP contribution in [0.25, 0.3) is 0 Å². The van der Waals surface area contributed by atoms with Crippen molar-refractivity contribution in [1.29, 1.82) is 0 Å². The number of hydrogen-bond acceptors (Lipinski definition) is 0. The molecule has 0 aliphatic heterocycles. The van der Waals surface area contributed by atoms with E-state index in [-0.39, 0.29) is 5.82 Å². The molecule has 0 saturated heterocycles. The predicted octanol–water partition coefficient (Wildman–Crippen LogP) is 3.98. The van der Waals surface area contributed by atoms with Crippen molar-refractivity contribution in [3.05, 3.63) is 46.2 Å². The molecule has 0 nitrogen and oxygen atoms in total. The topological polar surface area (TPSA) is 0 Å². The van der Waals surface area contributed by atoms with E-state index >= 15 is 0 Å². The average molecular weight is 243 g/mol. The van der Waals surface area contributed by atoms with Crippen molar-refractivity contribution in [3.63, 3.8) is 0 Å². The summed E-state index contributed by atoms with van der Waals surface area (Å²) in [6.45, 7) is 5.69. The van der Waals surface area contributed by atoms with Crippen molar-refractivity contribution in [2.45, 2.75) is 19.8 Å². The maximum Gasteiger partial charge on any atom is 0.123 e. The van der Waals surface area contributed by atoms with Gasteiger partial charge in [0.15, 0.2) is 0 Å². The van der Waals surface area contributed by atoms with E-state index in [9.17, 15) is 4.39 Å². The predicted molar refractivity (Wildman–Crippen MR) is 57.5 cm³/mol. The number of halogens is 2. The monoisotopic (exact) mass is 242 g/mol. The van der Waals surface area contributed by atoms with Crippen molar-refractivity contribution < 1.29 is 4.39 Å². The molecule has 0 aliphatic carbocycles. The Morgan fingerprint density at radius 3 is 2.77 bits per heavy atom. The molecule has 1 aromatic rings. The number of aryl methyl sites for hydroxylation is 2.